The zero-order valence-corrected chi connectivity index (χ0v) is 17.5. The molecule has 3 aromatic rings. The van der Waals surface area contributed by atoms with Crippen molar-refractivity contribution in [2.75, 3.05) is 19.7 Å². The average Bonchev–Trinajstić information content (AvgIpc) is 3.29. The summed E-state index contributed by atoms with van der Waals surface area (Å²) in [5, 5.41) is 14.7. The number of aryl methyl sites for hydroxylation is 1. The second-order valence-electron chi connectivity index (χ2n) is 7.79. The van der Waals surface area contributed by atoms with Crippen molar-refractivity contribution < 1.29 is 5.11 Å². The fourth-order valence-electron chi connectivity index (χ4n) is 4.62. The molecular weight excluding hydrogens is 370 g/mol. The van der Waals surface area contributed by atoms with Crippen LogP contribution in [-0.4, -0.2) is 54.5 Å². The molecule has 0 radical (unpaired) electrons. The van der Waals surface area contributed by atoms with E-state index in [1.165, 1.54) is 31.2 Å². The molecule has 4 rings (SSSR count). The average molecular weight is 400 g/mol. The number of hydrogen-bond acceptors (Lipinski definition) is 5. The van der Waals surface area contributed by atoms with E-state index in [4.69, 9.17) is 4.98 Å². The normalized spacial score (nSPS) is 20.3. The van der Waals surface area contributed by atoms with Crippen molar-refractivity contribution in [3.63, 3.8) is 0 Å². The summed E-state index contributed by atoms with van der Waals surface area (Å²) in [6.07, 6.45) is 12.7. The molecule has 0 unspecified atom stereocenters. The van der Waals surface area contributed by atoms with Crippen molar-refractivity contribution in [1.82, 2.24) is 23.6 Å². The van der Waals surface area contributed by atoms with Crippen LogP contribution in [0.5, 0.6) is 0 Å². The van der Waals surface area contributed by atoms with Crippen LogP contribution in [0.15, 0.2) is 30.9 Å². The van der Waals surface area contributed by atoms with E-state index < -0.39 is 0 Å². The van der Waals surface area contributed by atoms with Crippen LogP contribution in [0, 0.1) is 0 Å². The lowest BCUT2D eigenvalue weighted by Gasteiger charge is -2.36. The molecule has 0 atom stereocenters. The maximum absolute atomic E-state index is 9.29. The fourth-order valence-corrected chi connectivity index (χ4v) is 4.90. The number of hydrogen-bond donors (Lipinski definition) is 2. The predicted molar refractivity (Wildman–Crippen MR) is 116 cm³/mol. The number of thiol groups is 1. The minimum Gasteiger partial charge on any atom is -0.395 e. The molecule has 6 nitrogen and oxygen atoms in total. The Morgan fingerprint density at radius 1 is 1.21 bits per heavy atom. The third-order valence-electron chi connectivity index (χ3n) is 6.14. The molecule has 1 aliphatic rings. The second kappa shape index (κ2) is 8.27. The number of pyridine rings is 1. The van der Waals surface area contributed by atoms with E-state index in [0.717, 1.165) is 35.2 Å². The number of likely N-dealkylation sites (N-methyl/N-ethyl adjacent to an activating group) is 1. The molecule has 0 bridgehead atoms. The first-order valence-corrected chi connectivity index (χ1v) is 10.5. The third-order valence-corrected chi connectivity index (χ3v) is 6.45. The zero-order chi connectivity index (χ0) is 19.7. The van der Waals surface area contributed by atoms with E-state index >= 15 is 0 Å². The van der Waals surface area contributed by atoms with Crippen LogP contribution in [-0.2, 0) is 7.05 Å². The first kappa shape index (κ1) is 19.5. The summed E-state index contributed by atoms with van der Waals surface area (Å²) in [4.78, 5) is 7.14. The number of aliphatic hydroxyl groups excluding tert-OH is 1. The Morgan fingerprint density at radius 2 is 2.00 bits per heavy atom. The third kappa shape index (κ3) is 3.71. The number of nitrogens with zero attached hydrogens (tertiary/aromatic N) is 5. The van der Waals surface area contributed by atoms with Crippen molar-refractivity contribution in [1.29, 1.82) is 0 Å². The van der Waals surface area contributed by atoms with E-state index in [0.29, 0.717) is 12.0 Å². The zero-order valence-electron chi connectivity index (χ0n) is 16.6. The number of aromatic nitrogens is 4. The maximum Gasteiger partial charge on any atom is 0.150 e. The van der Waals surface area contributed by atoms with Crippen molar-refractivity contribution in [3.8, 4) is 11.1 Å². The van der Waals surface area contributed by atoms with Gasteiger partial charge in [0.05, 0.1) is 12.8 Å². The SMILES string of the molecule is CCN(CCO)C1CCC(c2cnc3c(c2)c(-c2cnn(C)c2)cn3S)CC1. The number of rotatable bonds is 6. The van der Waals surface area contributed by atoms with Crippen LogP contribution in [0.1, 0.15) is 44.1 Å². The van der Waals surface area contributed by atoms with Gasteiger partial charge in [-0.2, -0.15) is 5.10 Å². The topological polar surface area (TPSA) is 59.1 Å². The van der Waals surface area contributed by atoms with Gasteiger partial charge in [0.1, 0.15) is 5.65 Å². The van der Waals surface area contributed by atoms with Gasteiger partial charge in [-0.1, -0.05) is 19.7 Å². The molecule has 1 N–H and O–H groups in total. The highest BCUT2D eigenvalue weighted by Gasteiger charge is 2.26. The predicted octanol–water partition coefficient (Wildman–Crippen LogP) is 3.47. The van der Waals surface area contributed by atoms with Gasteiger partial charge in [0, 0.05) is 54.7 Å². The lowest BCUT2D eigenvalue weighted by atomic mass is 9.81. The van der Waals surface area contributed by atoms with Crippen LogP contribution < -0.4 is 0 Å². The summed E-state index contributed by atoms with van der Waals surface area (Å²) in [7, 11) is 1.93. The quantitative estimate of drug-likeness (QED) is 0.623. The van der Waals surface area contributed by atoms with Crippen molar-refractivity contribution in [3.05, 3.63) is 36.4 Å². The smallest absolute Gasteiger partial charge is 0.150 e. The molecule has 7 heteroatoms. The highest BCUT2D eigenvalue weighted by molar-refractivity contribution is 7.78. The van der Waals surface area contributed by atoms with E-state index in [1.54, 1.807) is 3.97 Å². The molecule has 1 fully saturated rings. The van der Waals surface area contributed by atoms with Gasteiger partial charge in [0.25, 0.3) is 0 Å². The number of fused-ring (bicyclic) bond motifs is 1. The summed E-state index contributed by atoms with van der Waals surface area (Å²) in [6.45, 7) is 4.21. The summed E-state index contributed by atoms with van der Waals surface area (Å²) in [5.41, 5.74) is 4.42. The Balaban J connectivity index is 1.57. The van der Waals surface area contributed by atoms with Gasteiger partial charge in [-0.25, -0.2) is 4.98 Å². The van der Waals surface area contributed by atoms with Crippen LogP contribution in [0.4, 0.5) is 0 Å². The molecule has 1 saturated carbocycles. The van der Waals surface area contributed by atoms with Gasteiger partial charge in [0.2, 0.25) is 0 Å². The Bertz CT molecular complexity index is 942. The van der Waals surface area contributed by atoms with Crippen molar-refractivity contribution >= 4 is 23.8 Å². The largest absolute Gasteiger partial charge is 0.395 e. The summed E-state index contributed by atoms with van der Waals surface area (Å²) in [6, 6.07) is 2.89. The minimum absolute atomic E-state index is 0.242. The monoisotopic (exact) mass is 399 g/mol. The van der Waals surface area contributed by atoms with Crippen molar-refractivity contribution in [2.45, 2.75) is 44.6 Å². The van der Waals surface area contributed by atoms with Gasteiger partial charge in [0.15, 0.2) is 0 Å². The first-order valence-electron chi connectivity index (χ1n) is 10.1. The summed E-state index contributed by atoms with van der Waals surface area (Å²) in [5.74, 6) is 0.547. The van der Waals surface area contributed by atoms with Crippen LogP contribution in [0.2, 0.25) is 0 Å². The van der Waals surface area contributed by atoms with Gasteiger partial charge >= 0.3 is 0 Å². The number of aliphatic hydroxyl groups is 1. The lowest BCUT2D eigenvalue weighted by molar-refractivity contribution is 0.125. The Labute approximate surface area is 171 Å². The van der Waals surface area contributed by atoms with Crippen LogP contribution in [0.25, 0.3) is 22.2 Å². The van der Waals surface area contributed by atoms with E-state index in [9.17, 15) is 5.11 Å². The molecule has 150 valence electrons. The molecule has 28 heavy (non-hydrogen) atoms. The summed E-state index contributed by atoms with van der Waals surface area (Å²) < 4.78 is 3.62. The highest BCUT2D eigenvalue weighted by atomic mass is 32.1. The molecule has 0 saturated heterocycles. The lowest BCUT2D eigenvalue weighted by Crippen LogP contribution is -2.39. The molecule has 0 aliphatic heterocycles. The van der Waals surface area contributed by atoms with E-state index in [-0.39, 0.29) is 6.61 Å². The molecule has 3 heterocycles. The molecule has 1 aliphatic carbocycles. The molecule has 0 spiro atoms. The Hall–Kier alpha value is -1.83. The Kier molecular flexibility index (Phi) is 5.75. The molecule has 3 aromatic heterocycles. The summed E-state index contributed by atoms with van der Waals surface area (Å²) >= 11 is 4.56. The minimum atomic E-state index is 0.242. The highest BCUT2D eigenvalue weighted by Crippen LogP contribution is 2.37. The van der Waals surface area contributed by atoms with Gasteiger partial charge in [-0.3, -0.25) is 13.6 Å². The molecule has 0 aromatic carbocycles. The molecular formula is C21H29N5OS. The van der Waals surface area contributed by atoms with Gasteiger partial charge < -0.3 is 5.11 Å². The van der Waals surface area contributed by atoms with Gasteiger partial charge in [-0.05, 0) is 49.8 Å². The van der Waals surface area contributed by atoms with Crippen LogP contribution >= 0.6 is 12.8 Å². The second-order valence-corrected chi connectivity index (χ2v) is 8.22. The Morgan fingerprint density at radius 3 is 2.64 bits per heavy atom. The van der Waals surface area contributed by atoms with Crippen molar-refractivity contribution in [2.24, 2.45) is 7.05 Å². The van der Waals surface area contributed by atoms with Crippen LogP contribution in [0.3, 0.4) is 0 Å². The molecule has 0 amide bonds. The maximum atomic E-state index is 9.29. The standard InChI is InChI=1S/C21H29N5OS/c1-3-25(8-9-27)18-6-4-15(5-7-18)16-10-19-20(17-12-23-24(2)13-17)14-26(28)21(19)22-11-16/h10-15,18,27-28H,3-9H2,1-2H3. The first-order chi connectivity index (χ1) is 13.6. The van der Waals surface area contributed by atoms with Gasteiger partial charge in [-0.15, -0.1) is 0 Å². The van der Waals surface area contributed by atoms with E-state index in [2.05, 4.69) is 35.8 Å². The fraction of sp³-hybridized carbons (Fsp3) is 0.524. The van der Waals surface area contributed by atoms with E-state index in [1.807, 2.05) is 36.5 Å².